The van der Waals surface area contributed by atoms with Crippen molar-refractivity contribution in [2.24, 2.45) is 0 Å². The van der Waals surface area contributed by atoms with Crippen LogP contribution in [0, 0.1) is 12.7 Å². The van der Waals surface area contributed by atoms with Gasteiger partial charge in [0, 0.05) is 32.4 Å². The molecule has 1 aliphatic carbocycles. The van der Waals surface area contributed by atoms with Crippen LogP contribution >= 0.6 is 11.3 Å². The highest BCUT2D eigenvalue weighted by Crippen LogP contribution is 2.46. The molecule has 2 fully saturated rings. The van der Waals surface area contributed by atoms with Gasteiger partial charge in [-0.15, -0.1) is 0 Å². The van der Waals surface area contributed by atoms with E-state index in [0.29, 0.717) is 43.4 Å². The molecule has 1 saturated carbocycles. The first-order valence-corrected chi connectivity index (χ1v) is 11.8. The van der Waals surface area contributed by atoms with E-state index in [1.165, 1.54) is 17.4 Å². The third kappa shape index (κ3) is 4.02. The zero-order chi connectivity index (χ0) is 22.3. The molecule has 3 heterocycles. The first-order chi connectivity index (χ1) is 15.5. The second kappa shape index (κ2) is 8.29. The molecule has 7 nitrogen and oxygen atoms in total. The molecule has 168 valence electrons. The fourth-order valence-corrected chi connectivity index (χ4v) is 5.35. The number of piperazine rings is 1. The molecule has 0 unspecified atom stereocenters. The van der Waals surface area contributed by atoms with Gasteiger partial charge < -0.3 is 14.9 Å². The van der Waals surface area contributed by atoms with Crippen LogP contribution in [0.15, 0.2) is 30.5 Å². The third-order valence-corrected chi connectivity index (χ3v) is 7.21. The second-order valence-corrected chi connectivity index (χ2v) is 9.72. The number of halogens is 1. The third-order valence-electron chi connectivity index (χ3n) is 6.28. The molecular formula is C23H26FN5O2S. The number of nitrogens with zero attached hydrogens (tertiary/aromatic N) is 4. The Morgan fingerprint density at radius 3 is 2.91 bits per heavy atom. The fraction of sp³-hybridized carbons (Fsp3) is 0.435. The first kappa shape index (κ1) is 21.1. The summed E-state index contributed by atoms with van der Waals surface area (Å²) in [5.74, 6) is 0.0197. The lowest BCUT2D eigenvalue weighted by atomic mass is 10.1. The molecule has 2 aromatic heterocycles. The number of aliphatic hydroxyl groups excluding tert-OH is 1. The Morgan fingerprint density at radius 1 is 1.31 bits per heavy atom. The van der Waals surface area contributed by atoms with Gasteiger partial charge in [-0.3, -0.25) is 5.32 Å². The summed E-state index contributed by atoms with van der Waals surface area (Å²) in [6, 6.07) is 7.39. The molecule has 5 rings (SSSR count). The zero-order valence-corrected chi connectivity index (χ0v) is 18.8. The highest BCUT2D eigenvalue weighted by molar-refractivity contribution is 7.22. The standard InChI is InChI=1S/C23H26FN5O2S/c1-15-4-5-18-19(11-15)32-21(26-18)27-22(31)28-8-9-29(23(14-28)6-7-23)20-17(24)12-16(13-25-20)3-2-10-30/h4-5,11-13,30H,2-3,6-10,14H2,1H3,(H,26,27,31). The van der Waals surface area contributed by atoms with Crippen LogP contribution in [0.25, 0.3) is 10.2 Å². The number of amides is 2. The van der Waals surface area contributed by atoms with Crippen molar-refractivity contribution in [3.05, 3.63) is 47.4 Å². The molecule has 2 amide bonds. The van der Waals surface area contributed by atoms with Gasteiger partial charge in [0.15, 0.2) is 16.8 Å². The summed E-state index contributed by atoms with van der Waals surface area (Å²) < 4.78 is 15.9. The number of rotatable bonds is 5. The second-order valence-electron chi connectivity index (χ2n) is 8.69. The molecule has 2 aliphatic rings. The lowest BCUT2D eigenvalue weighted by molar-refractivity contribution is 0.194. The number of hydrogen-bond acceptors (Lipinski definition) is 6. The van der Waals surface area contributed by atoms with E-state index in [2.05, 4.69) is 21.4 Å². The largest absolute Gasteiger partial charge is 0.396 e. The van der Waals surface area contributed by atoms with Crippen molar-refractivity contribution in [2.45, 2.75) is 38.1 Å². The minimum Gasteiger partial charge on any atom is -0.396 e. The number of pyridine rings is 1. The van der Waals surface area contributed by atoms with E-state index in [0.717, 1.165) is 34.2 Å². The van der Waals surface area contributed by atoms with E-state index in [-0.39, 0.29) is 24.0 Å². The van der Waals surface area contributed by atoms with Gasteiger partial charge in [-0.2, -0.15) is 0 Å². The van der Waals surface area contributed by atoms with Gasteiger partial charge in [0.2, 0.25) is 0 Å². The van der Waals surface area contributed by atoms with Gasteiger partial charge in [0.25, 0.3) is 0 Å². The lowest BCUT2D eigenvalue weighted by Crippen LogP contribution is -2.58. The number of aryl methyl sites for hydroxylation is 2. The molecule has 1 aromatic carbocycles. The lowest BCUT2D eigenvalue weighted by Gasteiger charge is -2.42. The van der Waals surface area contributed by atoms with E-state index in [4.69, 9.17) is 5.11 Å². The van der Waals surface area contributed by atoms with E-state index in [1.54, 1.807) is 11.1 Å². The van der Waals surface area contributed by atoms with Crippen LogP contribution in [0.1, 0.15) is 30.4 Å². The van der Waals surface area contributed by atoms with E-state index in [9.17, 15) is 9.18 Å². The maximum Gasteiger partial charge on any atom is 0.323 e. The Labute approximate surface area is 189 Å². The SMILES string of the molecule is Cc1ccc2nc(NC(=O)N3CCN(c4ncc(CCCO)cc4F)C4(CC4)C3)sc2c1. The summed E-state index contributed by atoms with van der Waals surface area (Å²) >= 11 is 1.47. The van der Waals surface area contributed by atoms with Crippen LogP contribution in [0.5, 0.6) is 0 Å². The summed E-state index contributed by atoms with van der Waals surface area (Å²) in [5.41, 5.74) is 2.58. The van der Waals surface area contributed by atoms with Crippen molar-refractivity contribution in [1.29, 1.82) is 0 Å². The van der Waals surface area contributed by atoms with Crippen molar-refractivity contribution >= 4 is 38.5 Å². The van der Waals surface area contributed by atoms with Crippen molar-refractivity contribution in [1.82, 2.24) is 14.9 Å². The number of aliphatic hydroxyl groups is 1. The normalized spacial score (nSPS) is 17.2. The number of carbonyl (C=O) groups excluding carboxylic acids is 1. The number of anilines is 2. The minimum atomic E-state index is -0.339. The average molecular weight is 456 g/mol. The van der Waals surface area contributed by atoms with Crippen molar-refractivity contribution in [3.8, 4) is 0 Å². The number of benzene rings is 1. The van der Waals surface area contributed by atoms with Crippen molar-refractivity contribution in [2.75, 3.05) is 36.5 Å². The van der Waals surface area contributed by atoms with Crippen LogP contribution in [0.3, 0.4) is 0 Å². The molecular weight excluding hydrogens is 429 g/mol. The maximum atomic E-state index is 14.8. The molecule has 3 aromatic rings. The van der Waals surface area contributed by atoms with E-state index in [1.807, 2.05) is 24.0 Å². The van der Waals surface area contributed by atoms with Crippen LogP contribution < -0.4 is 10.2 Å². The van der Waals surface area contributed by atoms with Gasteiger partial charge >= 0.3 is 6.03 Å². The molecule has 0 radical (unpaired) electrons. The predicted molar refractivity (Wildman–Crippen MR) is 124 cm³/mol. The molecule has 1 saturated heterocycles. The fourth-order valence-electron chi connectivity index (χ4n) is 4.40. The zero-order valence-electron chi connectivity index (χ0n) is 18.0. The summed E-state index contributed by atoms with van der Waals surface area (Å²) in [6.45, 7) is 3.67. The summed E-state index contributed by atoms with van der Waals surface area (Å²) in [4.78, 5) is 25.7. The Bertz CT molecular complexity index is 1160. The van der Waals surface area contributed by atoms with Crippen LogP contribution in [0.4, 0.5) is 20.1 Å². The minimum absolute atomic E-state index is 0.0766. The monoisotopic (exact) mass is 455 g/mol. The number of aromatic nitrogens is 2. The van der Waals surface area contributed by atoms with Crippen molar-refractivity contribution < 1.29 is 14.3 Å². The Morgan fingerprint density at radius 2 is 2.16 bits per heavy atom. The van der Waals surface area contributed by atoms with Crippen LogP contribution in [-0.2, 0) is 6.42 Å². The molecule has 1 aliphatic heterocycles. The molecule has 0 bridgehead atoms. The molecule has 1 spiro atoms. The van der Waals surface area contributed by atoms with E-state index < -0.39 is 0 Å². The first-order valence-electron chi connectivity index (χ1n) is 10.9. The Hall–Kier alpha value is -2.78. The number of hydrogen-bond donors (Lipinski definition) is 2. The number of nitrogens with one attached hydrogen (secondary N) is 1. The summed E-state index contributed by atoms with van der Waals surface area (Å²) in [7, 11) is 0. The van der Waals surface area contributed by atoms with Crippen molar-refractivity contribution in [3.63, 3.8) is 0 Å². The molecule has 9 heteroatoms. The maximum absolute atomic E-state index is 14.8. The molecule has 2 N–H and O–H groups in total. The van der Waals surface area contributed by atoms with Gasteiger partial charge in [0.05, 0.1) is 15.8 Å². The average Bonchev–Trinajstić information content (AvgIpc) is 3.42. The molecule has 0 atom stereocenters. The van der Waals surface area contributed by atoms with Crippen LogP contribution in [-0.4, -0.2) is 57.8 Å². The van der Waals surface area contributed by atoms with Crippen LogP contribution in [0.2, 0.25) is 0 Å². The number of carbonyl (C=O) groups is 1. The van der Waals surface area contributed by atoms with Gasteiger partial charge in [-0.05, 0) is 61.9 Å². The van der Waals surface area contributed by atoms with Gasteiger partial charge in [0.1, 0.15) is 0 Å². The van der Waals surface area contributed by atoms with Gasteiger partial charge in [-0.1, -0.05) is 17.4 Å². The Kier molecular flexibility index (Phi) is 5.46. The van der Waals surface area contributed by atoms with E-state index >= 15 is 0 Å². The topological polar surface area (TPSA) is 81.6 Å². The Balaban J connectivity index is 1.27. The quantitative estimate of drug-likeness (QED) is 0.609. The predicted octanol–water partition coefficient (Wildman–Crippen LogP) is 3.95. The number of urea groups is 1. The number of thiazole rings is 1. The van der Waals surface area contributed by atoms with Gasteiger partial charge in [-0.25, -0.2) is 19.2 Å². The highest BCUT2D eigenvalue weighted by atomic mass is 32.1. The number of fused-ring (bicyclic) bond motifs is 1. The smallest absolute Gasteiger partial charge is 0.323 e. The summed E-state index contributed by atoms with van der Waals surface area (Å²) in [5, 5.41) is 12.5. The highest BCUT2D eigenvalue weighted by Gasteiger charge is 2.53. The molecule has 32 heavy (non-hydrogen) atoms. The summed E-state index contributed by atoms with van der Waals surface area (Å²) in [6.07, 6.45) is 4.70.